The number of aromatic nitrogens is 3. The van der Waals surface area contributed by atoms with Crippen LogP contribution in [0.5, 0.6) is 0 Å². The summed E-state index contributed by atoms with van der Waals surface area (Å²) >= 11 is 0. The molecule has 3 aliphatic rings. The molecule has 0 saturated carbocycles. The zero-order valence-electron chi connectivity index (χ0n) is 20.6. The first-order chi connectivity index (χ1) is 17.6. The second-order valence-corrected chi connectivity index (χ2v) is 10.2. The summed E-state index contributed by atoms with van der Waals surface area (Å²) in [7, 11) is 0. The van der Waals surface area contributed by atoms with E-state index >= 15 is 0 Å². The monoisotopic (exact) mass is 490 g/mol. The summed E-state index contributed by atoms with van der Waals surface area (Å²) in [5.41, 5.74) is 9.32. The van der Waals surface area contributed by atoms with E-state index in [4.69, 9.17) is 20.3 Å². The molecule has 5 heterocycles. The van der Waals surface area contributed by atoms with Crippen molar-refractivity contribution in [1.29, 1.82) is 0 Å². The third-order valence-corrected chi connectivity index (χ3v) is 7.85. The number of nitrogen functional groups attached to an aromatic ring is 1. The number of nitrogens with one attached hydrogen (secondary N) is 1. The molecule has 190 valence electrons. The molecule has 0 bridgehead atoms. The highest BCUT2D eigenvalue weighted by atomic mass is 16.5. The summed E-state index contributed by atoms with van der Waals surface area (Å²) in [4.78, 5) is 19.9. The van der Waals surface area contributed by atoms with Crippen molar-refractivity contribution in [3.63, 3.8) is 0 Å². The van der Waals surface area contributed by atoms with Gasteiger partial charge in [-0.15, -0.1) is 0 Å². The number of pyridine rings is 1. The second kappa shape index (κ2) is 10.2. The number of carbonyl (C=O) groups is 1. The van der Waals surface area contributed by atoms with E-state index in [1.807, 2.05) is 18.2 Å². The molecule has 6 rings (SSSR count). The van der Waals surface area contributed by atoms with Gasteiger partial charge in [-0.3, -0.25) is 14.4 Å². The van der Waals surface area contributed by atoms with E-state index in [9.17, 15) is 4.79 Å². The summed E-state index contributed by atoms with van der Waals surface area (Å²) in [6.45, 7) is 5.24. The number of nitrogens with two attached hydrogens (primary N) is 1. The second-order valence-electron chi connectivity index (χ2n) is 10.2. The van der Waals surface area contributed by atoms with Crippen LogP contribution in [0.2, 0.25) is 0 Å². The van der Waals surface area contributed by atoms with E-state index in [-0.39, 0.29) is 17.8 Å². The summed E-state index contributed by atoms with van der Waals surface area (Å²) in [5.74, 6) is 0.0606. The predicted molar refractivity (Wildman–Crippen MR) is 138 cm³/mol. The Balaban J connectivity index is 1.19. The van der Waals surface area contributed by atoms with Crippen molar-refractivity contribution in [3.05, 3.63) is 42.2 Å². The first-order valence-electron chi connectivity index (χ1n) is 13.1. The number of amides is 1. The number of hydrogen-bond acceptors (Lipinski definition) is 7. The van der Waals surface area contributed by atoms with E-state index in [1.54, 1.807) is 6.20 Å². The van der Waals surface area contributed by atoms with Crippen LogP contribution in [-0.2, 0) is 9.47 Å². The van der Waals surface area contributed by atoms with Crippen LogP contribution in [0, 0.1) is 0 Å². The average molecular weight is 491 g/mol. The largest absolute Gasteiger partial charge is 0.383 e. The average Bonchev–Trinajstić information content (AvgIpc) is 3.57. The first kappa shape index (κ1) is 23.4. The van der Waals surface area contributed by atoms with E-state index in [2.05, 4.69) is 32.1 Å². The number of ether oxygens (including phenoxy) is 2. The molecule has 1 atom stereocenters. The number of likely N-dealkylation sites (tertiary alicyclic amines) is 1. The van der Waals surface area contributed by atoms with Crippen LogP contribution in [0.3, 0.4) is 0 Å². The lowest BCUT2D eigenvalue weighted by molar-refractivity contribution is 0.0412. The van der Waals surface area contributed by atoms with Crippen molar-refractivity contribution in [2.75, 3.05) is 45.3 Å². The minimum atomic E-state index is -0.182. The molecular formula is C27H34N6O3. The van der Waals surface area contributed by atoms with Gasteiger partial charge >= 0.3 is 0 Å². The van der Waals surface area contributed by atoms with Gasteiger partial charge in [0.15, 0.2) is 0 Å². The van der Waals surface area contributed by atoms with Gasteiger partial charge in [0.25, 0.3) is 5.91 Å². The number of nitrogens with zero attached hydrogens (tertiary/aromatic N) is 4. The van der Waals surface area contributed by atoms with E-state index in [0.717, 1.165) is 80.4 Å². The third kappa shape index (κ3) is 4.83. The van der Waals surface area contributed by atoms with Crippen molar-refractivity contribution in [2.45, 2.75) is 50.2 Å². The summed E-state index contributed by atoms with van der Waals surface area (Å²) in [5, 5.41) is 9.06. The Hall–Kier alpha value is -3.01. The molecule has 3 saturated heterocycles. The summed E-state index contributed by atoms with van der Waals surface area (Å²) in [6, 6.07) is 9.18. The van der Waals surface area contributed by atoms with E-state index in [1.165, 1.54) is 0 Å². The van der Waals surface area contributed by atoms with Gasteiger partial charge in [0, 0.05) is 74.9 Å². The highest BCUT2D eigenvalue weighted by molar-refractivity contribution is 5.99. The van der Waals surface area contributed by atoms with Gasteiger partial charge in [0.2, 0.25) is 0 Å². The van der Waals surface area contributed by atoms with Crippen LogP contribution in [-0.4, -0.2) is 77.2 Å². The van der Waals surface area contributed by atoms with Crippen molar-refractivity contribution < 1.29 is 14.3 Å². The minimum absolute atomic E-state index is 0.106. The van der Waals surface area contributed by atoms with Crippen molar-refractivity contribution in [1.82, 2.24) is 25.0 Å². The molecule has 2 aromatic heterocycles. The SMILES string of the molecule is Nc1ncc(-c2ccc3nn(C4CCN(C5CCOCC5)C4)cc3c2)cc1C(=O)NC1CCOCC1. The molecule has 9 heteroatoms. The van der Waals surface area contributed by atoms with E-state index in [0.29, 0.717) is 30.9 Å². The molecule has 0 radical (unpaired) electrons. The number of fused-ring (bicyclic) bond motifs is 1. The molecule has 3 aromatic rings. The number of benzene rings is 1. The number of anilines is 1. The Kier molecular flexibility index (Phi) is 6.60. The molecule has 36 heavy (non-hydrogen) atoms. The fourth-order valence-electron chi connectivity index (χ4n) is 5.70. The van der Waals surface area contributed by atoms with Gasteiger partial charge in [-0.2, -0.15) is 5.10 Å². The summed E-state index contributed by atoms with van der Waals surface area (Å²) in [6.07, 6.45) is 8.88. The fraction of sp³-hybridized carbons (Fsp3) is 0.519. The molecule has 3 fully saturated rings. The predicted octanol–water partition coefficient (Wildman–Crippen LogP) is 3.02. The first-order valence-corrected chi connectivity index (χ1v) is 13.1. The third-order valence-electron chi connectivity index (χ3n) is 7.85. The van der Waals surface area contributed by atoms with Gasteiger partial charge < -0.3 is 20.5 Å². The Morgan fingerprint density at radius 2 is 1.75 bits per heavy atom. The smallest absolute Gasteiger partial charge is 0.255 e. The maximum absolute atomic E-state index is 12.9. The van der Waals surface area contributed by atoms with Gasteiger partial charge in [-0.05, 0) is 55.9 Å². The van der Waals surface area contributed by atoms with Crippen LogP contribution >= 0.6 is 0 Å². The van der Waals surface area contributed by atoms with Crippen molar-refractivity contribution in [2.24, 2.45) is 0 Å². The van der Waals surface area contributed by atoms with Crippen LogP contribution < -0.4 is 11.1 Å². The van der Waals surface area contributed by atoms with Crippen LogP contribution in [0.25, 0.3) is 22.0 Å². The van der Waals surface area contributed by atoms with Crippen molar-refractivity contribution >= 4 is 22.6 Å². The van der Waals surface area contributed by atoms with Crippen LogP contribution in [0.1, 0.15) is 48.5 Å². The Morgan fingerprint density at radius 3 is 2.56 bits per heavy atom. The molecule has 1 unspecified atom stereocenters. The fourth-order valence-corrected chi connectivity index (χ4v) is 5.70. The molecule has 0 spiro atoms. The van der Waals surface area contributed by atoms with Gasteiger partial charge in [-0.1, -0.05) is 6.07 Å². The minimum Gasteiger partial charge on any atom is -0.383 e. The maximum atomic E-state index is 12.9. The molecule has 1 amide bonds. The lowest BCUT2D eigenvalue weighted by atomic mass is 10.0. The highest BCUT2D eigenvalue weighted by Gasteiger charge is 2.30. The number of hydrogen-bond donors (Lipinski definition) is 2. The molecular weight excluding hydrogens is 456 g/mol. The van der Waals surface area contributed by atoms with Crippen molar-refractivity contribution in [3.8, 4) is 11.1 Å². The van der Waals surface area contributed by atoms with Crippen LogP contribution in [0.15, 0.2) is 36.7 Å². The quantitative estimate of drug-likeness (QED) is 0.566. The molecule has 1 aromatic carbocycles. The number of rotatable bonds is 5. The zero-order valence-corrected chi connectivity index (χ0v) is 20.6. The molecule has 3 aliphatic heterocycles. The molecule has 9 nitrogen and oxygen atoms in total. The Labute approximate surface area is 210 Å². The number of carbonyl (C=O) groups excluding carboxylic acids is 1. The van der Waals surface area contributed by atoms with Gasteiger partial charge in [-0.25, -0.2) is 4.98 Å². The maximum Gasteiger partial charge on any atom is 0.255 e. The molecule has 0 aliphatic carbocycles. The topological polar surface area (TPSA) is 108 Å². The lowest BCUT2D eigenvalue weighted by Crippen LogP contribution is -2.39. The lowest BCUT2D eigenvalue weighted by Gasteiger charge is -2.30. The van der Waals surface area contributed by atoms with Gasteiger partial charge in [0.1, 0.15) is 5.82 Å². The zero-order chi connectivity index (χ0) is 24.5. The Bertz CT molecular complexity index is 1230. The van der Waals surface area contributed by atoms with Gasteiger partial charge in [0.05, 0.1) is 17.1 Å². The van der Waals surface area contributed by atoms with Crippen LogP contribution in [0.4, 0.5) is 5.82 Å². The molecule has 3 N–H and O–H groups in total. The summed E-state index contributed by atoms with van der Waals surface area (Å²) < 4.78 is 13.1. The highest BCUT2D eigenvalue weighted by Crippen LogP contribution is 2.30. The van der Waals surface area contributed by atoms with E-state index < -0.39 is 0 Å². The Morgan fingerprint density at radius 1 is 0.972 bits per heavy atom. The normalized spacial score (nSPS) is 22.3. The standard InChI is InChI=1S/C27H34N6O3/c28-26-24(27(34)30-21-4-9-35-10-5-21)14-19(15-29-26)18-1-2-25-20(13-18)16-33(31-25)23-3-8-32(17-23)22-6-11-36-12-7-22/h1-2,13-16,21-23H,3-12,17H2,(H2,28,29)(H,30,34).